The first kappa shape index (κ1) is 14.9. The fourth-order valence-electron chi connectivity index (χ4n) is 1.49. The standard InChI is InChI=1S/C12H18N4O3/c1-3-5-14-12(17)4-6-13-11-7-9(2)10(8-15-11)16(18)19/h7-8H,3-6H2,1-2H3,(H,13,15)(H,14,17). The number of carbonyl (C=O) groups excluding carboxylic acids is 1. The van der Waals surface area contributed by atoms with Gasteiger partial charge in [0.2, 0.25) is 5.91 Å². The Morgan fingerprint density at radius 3 is 2.79 bits per heavy atom. The van der Waals surface area contributed by atoms with Gasteiger partial charge in [0.15, 0.2) is 0 Å². The molecule has 1 aromatic rings. The number of amides is 1. The van der Waals surface area contributed by atoms with Crippen LogP contribution in [0.2, 0.25) is 0 Å². The van der Waals surface area contributed by atoms with E-state index >= 15 is 0 Å². The van der Waals surface area contributed by atoms with Crippen LogP contribution in [0.3, 0.4) is 0 Å². The molecule has 0 radical (unpaired) electrons. The van der Waals surface area contributed by atoms with Crippen molar-refractivity contribution in [1.82, 2.24) is 10.3 Å². The third-order valence-electron chi connectivity index (χ3n) is 2.51. The normalized spacial score (nSPS) is 10.0. The molecule has 0 bridgehead atoms. The molecule has 0 unspecified atom stereocenters. The van der Waals surface area contributed by atoms with Gasteiger partial charge in [0.25, 0.3) is 5.69 Å². The number of carbonyl (C=O) groups is 1. The summed E-state index contributed by atoms with van der Waals surface area (Å²) < 4.78 is 0. The Kier molecular flexibility index (Phi) is 5.72. The lowest BCUT2D eigenvalue weighted by Crippen LogP contribution is -2.25. The molecule has 7 nitrogen and oxygen atoms in total. The molecule has 0 spiro atoms. The van der Waals surface area contributed by atoms with Gasteiger partial charge in [0.1, 0.15) is 12.0 Å². The molecular weight excluding hydrogens is 248 g/mol. The van der Waals surface area contributed by atoms with Crippen molar-refractivity contribution in [2.24, 2.45) is 0 Å². The van der Waals surface area contributed by atoms with Gasteiger partial charge < -0.3 is 10.6 Å². The van der Waals surface area contributed by atoms with Crippen molar-refractivity contribution < 1.29 is 9.72 Å². The SMILES string of the molecule is CCCNC(=O)CCNc1cc(C)c([N+](=O)[O-])cn1. The first-order valence-corrected chi connectivity index (χ1v) is 6.16. The first-order chi connectivity index (χ1) is 9.04. The summed E-state index contributed by atoms with van der Waals surface area (Å²) in [6, 6.07) is 1.60. The summed E-state index contributed by atoms with van der Waals surface area (Å²) in [7, 11) is 0. The van der Waals surface area contributed by atoms with Crippen molar-refractivity contribution in [2.45, 2.75) is 26.7 Å². The van der Waals surface area contributed by atoms with Crippen LogP contribution >= 0.6 is 0 Å². The van der Waals surface area contributed by atoms with Crippen LogP contribution in [0.1, 0.15) is 25.3 Å². The highest BCUT2D eigenvalue weighted by Crippen LogP contribution is 2.18. The second-order valence-electron chi connectivity index (χ2n) is 4.14. The Balaban J connectivity index is 2.44. The lowest BCUT2D eigenvalue weighted by Gasteiger charge is -2.06. The number of nitrogens with zero attached hydrogens (tertiary/aromatic N) is 2. The Bertz CT molecular complexity index is 462. The highest BCUT2D eigenvalue weighted by atomic mass is 16.6. The summed E-state index contributed by atoms with van der Waals surface area (Å²) >= 11 is 0. The number of rotatable bonds is 7. The number of nitrogens with one attached hydrogen (secondary N) is 2. The molecule has 0 aliphatic heterocycles. The van der Waals surface area contributed by atoms with E-state index < -0.39 is 4.92 Å². The minimum atomic E-state index is -0.468. The third kappa shape index (κ3) is 4.90. The van der Waals surface area contributed by atoms with Crippen LogP contribution in [0.4, 0.5) is 11.5 Å². The van der Waals surface area contributed by atoms with Gasteiger partial charge in [-0.05, 0) is 19.4 Å². The quantitative estimate of drug-likeness (QED) is 0.577. The molecule has 0 aromatic carbocycles. The molecule has 1 aromatic heterocycles. The summed E-state index contributed by atoms with van der Waals surface area (Å²) in [6.07, 6.45) is 2.47. The predicted octanol–water partition coefficient (Wildman–Crippen LogP) is 1.63. The molecule has 0 aliphatic rings. The molecule has 1 rings (SSSR count). The molecule has 19 heavy (non-hydrogen) atoms. The maximum absolute atomic E-state index is 11.3. The Morgan fingerprint density at radius 2 is 2.21 bits per heavy atom. The second-order valence-corrected chi connectivity index (χ2v) is 4.14. The largest absolute Gasteiger partial charge is 0.370 e. The van der Waals surface area contributed by atoms with Crippen LogP contribution in [-0.2, 0) is 4.79 Å². The number of aromatic nitrogens is 1. The Morgan fingerprint density at radius 1 is 1.47 bits per heavy atom. The minimum Gasteiger partial charge on any atom is -0.370 e. The second kappa shape index (κ2) is 7.30. The molecule has 104 valence electrons. The van der Waals surface area contributed by atoms with Gasteiger partial charge in [-0.1, -0.05) is 6.92 Å². The number of hydrogen-bond donors (Lipinski definition) is 2. The van der Waals surface area contributed by atoms with E-state index in [1.54, 1.807) is 13.0 Å². The van der Waals surface area contributed by atoms with E-state index in [0.717, 1.165) is 6.42 Å². The molecule has 1 amide bonds. The van der Waals surface area contributed by atoms with Crippen molar-refractivity contribution in [3.63, 3.8) is 0 Å². The zero-order chi connectivity index (χ0) is 14.3. The topological polar surface area (TPSA) is 97.2 Å². The van der Waals surface area contributed by atoms with Crippen LogP contribution in [0.25, 0.3) is 0 Å². The number of pyridine rings is 1. The van der Waals surface area contributed by atoms with Crippen LogP contribution in [0, 0.1) is 17.0 Å². The maximum Gasteiger partial charge on any atom is 0.290 e. The van der Waals surface area contributed by atoms with E-state index in [0.29, 0.717) is 30.9 Å². The van der Waals surface area contributed by atoms with Gasteiger partial charge in [0.05, 0.1) is 4.92 Å². The van der Waals surface area contributed by atoms with Gasteiger partial charge in [-0.25, -0.2) is 4.98 Å². The lowest BCUT2D eigenvalue weighted by molar-refractivity contribution is -0.385. The number of hydrogen-bond acceptors (Lipinski definition) is 5. The van der Waals surface area contributed by atoms with Crippen molar-refractivity contribution in [3.05, 3.63) is 27.9 Å². The molecule has 0 saturated carbocycles. The Labute approximate surface area is 111 Å². The fraction of sp³-hybridized carbons (Fsp3) is 0.500. The van der Waals surface area contributed by atoms with E-state index in [2.05, 4.69) is 15.6 Å². The predicted molar refractivity (Wildman–Crippen MR) is 72.0 cm³/mol. The summed E-state index contributed by atoms with van der Waals surface area (Å²) in [4.78, 5) is 25.4. The molecular formula is C12H18N4O3. The molecule has 0 atom stereocenters. The number of aryl methyl sites for hydroxylation is 1. The van der Waals surface area contributed by atoms with Crippen LogP contribution in [0.5, 0.6) is 0 Å². The van der Waals surface area contributed by atoms with E-state index in [9.17, 15) is 14.9 Å². The van der Waals surface area contributed by atoms with Gasteiger partial charge in [-0.15, -0.1) is 0 Å². The number of nitro groups is 1. The van der Waals surface area contributed by atoms with Gasteiger partial charge in [0, 0.05) is 25.1 Å². The van der Waals surface area contributed by atoms with Crippen LogP contribution in [-0.4, -0.2) is 28.9 Å². The zero-order valence-corrected chi connectivity index (χ0v) is 11.1. The van der Waals surface area contributed by atoms with Crippen LogP contribution < -0.4 is 10.6 Å². The third-order valence-corrected chi connectivity index (χ3v) is 2.51. The number of anilines is 1. The van der Waals surface area contributed by atoms with Crippen LogP contribution in [0.15, 0.2) is 12.3 Å². The smallest absolute Gasteiger partial charge is 0.290 e. The summed E-state index contributed by atoms with van der Waals surface area (Å²) in [6.45, 7) is 4.76. The molecule has 7 heteroatoms. The van der Waals surface area contributed by atoms with Crippen molar-refractivity contribution in [2.75, 3.05) is 18.4 Å². The molecule has 2 N–H and O–H groups in total. The Hall–Kier alpha value is -2.18. The van der Waals surface area contributed by atoms with Crippen molar-refractivity contribution in [1.29, 1.82) is 0 Å². The highest BCUT2D eigenvalue weighted by molar-refractivity contribution is 5.76. The first-order valence-electron chi connectivity index (χ1n) is 6.16. The summed E-state index contributed by atoms with van der Waals surface area (Å²) in [5, 5.41) is 16.4. The van der Waals surface area contributed by atoms with Gasteiger partial charge in [-0.2, -0.15) is 0 Å². The van der Waals surface area contributed by atoms with Crippen molar-refractivity contribution >= 4 is 17.4 Å². The monoisotopic (exact) mass is 266 g/mol. The van der Waals surface area contributed by atoms with E-state index in [4.69, 9.17) is 0 Å². The lowest BCUT2D eigenvalue weighted by atomic mass is 10.2. The fourth-order valence-corrected chi connectivity index (χ4v) is 1.49. The highest BCUT2D eigenvalue weighted by Gasteiger charge is 2.11. The zero-order valence-electron chi connectivity index (χ0n) is 11.1. The van der Waals surface area contributed by atoms with E-state index in [1.165, 1.54) is 6.20 Å². The molecule has 0 aliphatic carbocycles. The summed E-state index contributed by atoms with van der Waals surface area (Å²) in [5.74, 6) is 0.513. The average Bonchev–Trinajstić information content (AvgIpc) is 2.36. The van der Waals surface area contributed by atoms with E-state index in [-0.39, 0.29) is 11.6 Å². The van der Waals surface area contributed by atoms with Gasteiger partial charge >= 0.3 is 0 Å². The van der Waals surface area contributed by atoms with Gasteiger partial charge in [-0.3, -0.25) is 14.9 Å². The summed E-state index contributed by atoms with van der Waals surface area (Å²) in [5.41, 5.74) is 0.532. The molecule has 0 saturated heterocycles. The maximum atomic E-state index is 11.3. The molecule has 0 fully saturated rings. The molecule has 1 heterocycles. The minimum absolute atomic E-state index is 0.00811. The van der Waals surface area contributed by atoms with E-state index in [1.807, 2.05) is 6.92 Å². The van der Waals surface area contributed by atoms with Crippen molar-refractivity contribution in [3.8, 4) is 0 Å². The average molecular weight is 266 g/mol.